The summed E-state index contributed by atoms with van der Waals surface area (Å²) in [5, 5.41) is 2.92. The Hall–Kier alpha value is -3.02. The number of esters is 1. The third-order valence-electron chi connectivity index (χ3n) is 5.42. The van der Waals surface area contributed by atoms with Crippen molar-refractivity contribution in [3.05, 3.63) is 59.7 Å². The third-order valence-corrected chi connectivity index (χ3v) is 5.42. The lowest BCUT2D eigenvalue weighted by Crippen LogP contribution is -2.46. The van der Waals surface area contributed by atoms with Crippen LogP contribution in [0.1, 0.15) is 49.0 Å². The first-order chi connectivity index (χ1) is 14.4. The van der Waals surface area contributed by atoms with Crippen LogP contribution in [0.3, 0.4) is 0 Å². The summed E-state index contributed by atoms with van der Waals surface area (Å²) in [6.45, 7) is 4.04. The molecular formula is C24H29NO5. The van der Waals surface area contributed by atoms with Crippen molar-refractivity contribution in [2.75, 3.05) is 20.3 Å². The van der Waals surface area contributed by atoms with E-state index in [0.29, 0.717) is 23.6 Å². The van der Waals surface area contributed by atoms with Gasteiger partial charge in [0.2, 0.25) is 0 Å². The predicted molar refractivity (Wildman–Crippen MR) is 114 cm³/mol. The van der Waals surface area contributed by atoms with Gasteiger partial charge in [0.1, 0.15) is 0 Å². The summed E-state index contributed by atoms with van der Waals surface area (Å²) < 4.78 is 16.1. The van der Waals surface area contributed by atoms with E-state index in [1.807, 2.05) is 32.0 Å². The topological polar surface area (TPSA) is 73.9 Å². The number of amides is 1. The largest absolute Gasteiger partial charge is 0.493 e. The molecule has 3 rings (SSSR count). The van der Waals surface area contributed by atoms with E-state index < -0.39 is 5.97 Å². The van der Waals surface area contributed by atoms with Crippen LogP contribution in [0.4, 0.5) is 0 Å². The number of rotatable bonds is 9. The fraction of sp³-hybridized carbons (Fsp3) is 0.417. The molecule has 0 aliphatic heterocycles. The van der Waals surface area contributed by atoms with Crippen molar-refractivity contribution in [3.8, 4) is 11.5 Å². The standard InChI is InChI=1S/C24H29NO5/c1-17(2)30-20-11-10-18(14-21(20)28-3)23(27)29-15-22(26)25-16-24(12-7-13-24)19-8-5-4-6-9-19/h4-6,8-11,14,17H,7,12-13,15-16H2,1-3H3,(H,25,26). The maximum absolute atomic E-state index is 12.3. The highest BCUT2D eigenvalue weighted by atomic mass is 16.5. The Balaban J connectivity index is 1.53. The number of nitrogens with one attached hydrogen (secondary N) is 1. The van der Waals surface area contributed by atoms with Crippen LogP contribution in [0, 0.1) is 0 Å². The minimum Gasteiger partial charge on any atom is -0.493 e. The molecule has 0 radical (unpaired) electrons. The number of hydrogen-bond donors (Lipinski definition) is 1. The van der Waals surface area contributed by atoms with Gasteiger partial charge in [-0.15, -0.1) is 0 Å². The van der Waals surface area contributed by atoms with Crippen molar-refractivity contribution < 1.29 is 23.8 Å². The molecule has 2 aromatic carbocycles. The lowest BCUT2D eigenvalue weighted by atomic mass is 9.64. The van der Waals surface area contributed by atoms with Gasteiger partial charge in [0.25, 0.3) is 5.91 Å². The highest BCUT2D eigenvalue weighted by Crippen LogP contribution is 2.43. The Morgan fingerprint density at radius 3 is 2.40 bits per heavy atom. The average Bonchev–Trinajstić information content (AvgIpc) is 2.72. The number of methoxy groups -OCH3 is 1. The maximum atomic E-state index is 12.3. The monoisotopic (exact) mass is 411 g/mol. The fourth-order valence-corrected chi connectivity index (χ4v) is 3.64. The van der Waals surface area contributed by atoms with E-state index in [1.54, 1.807) is 18.2 Å². The molecular weight excluding hydrogens is 382 g/mol. The molecule has 1 aliphatic carbocycles. The highest BCUT2D eigenvalue weighted by molar-refractivity contribution is 5.92. The molecule has 6 heteroatoms. The second-order valence-electron chi connectivity index (χ2n) is 7.89. The van der Waals surface area contributed by atoms with E-state index in [1.165, 1.54) is 12.7 Å². The van der Waals surface area contributed by atoms with Crippen LogP contribution < -0.4 is 14.8 Å². The number of benzene rings is 2. The summed E-state index contributed by atoms with van der Waals surface area (Å²) in [7, 11) is 1.51. The molecule has 160 valence electrons. The van der Waals surface area contributed by atoms with Gasteiger partial charge in [-0.3, -0.25) is 4.79 Å². The van der Waals surface area contributed by atoms with Gasteiger partial charge >= 0.3 is 5.97 Å². The van der Waals surface area contributed by atoms with Crippen LogP contribution in [0.5, 0.6) is 11.5 Å². The van der Waals surface area contributed by atoms with Gasteiger partial charge in [-0.05, 0) is 50.5 Å². The lowest BCUT2D eigenvalue weighted by molar-refractivity contribution is -0.124. The average molecular weight is 411 g/mol. The molecule has 0 spiro atoms. The van der Waals surface area contributed by atoms with Crippen LogP contribution in [0.15, 0.2) is 48.5 Å². The summed E-state index contributed by atoms with van der Waals surface area (Å²) in [6.07, 6.45) is 3.22. The van der Waals surface area contributed by atoms with Gasteiger partial charge in [0.05, 0.1) is 18.8 Å². The van der Waals surface area contributed by atoms with Crippen molar-refractivity contribution in [3.63, 3.8) is 0 Å². The normalized spacial score (nSPS) is 14.5. The molecule has 0 bridgehead atoms. The van der Waals surface area contributed by atoms with Crippen molar-refractivity contribution in [2.45, 2.75) is 44.6 Å². The van der Waals surface area contributed by atoms with Gasteiger partial charge in [-0.2, -0.15) is 0 Å². The summed E-state index contributed by atoms with van der Waals surface area (Å²) in [4.78, 5) is 24.6. The highest BCUT2D eigenvalue weighted by Gasteiger charge is 2.38. The smallest absolute Gasteiger partial charge is 0.338 e. The van der Waals surface area contributed by atoms with Crippen LogP contribution in [-0.4, -0.2) is 38.2 Å². The summed E-state index contributed by atoms with van der Waals surface area (Å²) in [5.74, 6) is 0.101. The second kappa shape index (κ2) is 9.65. The predicted octanol–water partition coefficient (Wildman–Crippen LogP) is 3.88. The molecule has 1 aliphatic rings. The Morgan fingerprint density at radius 1 is 1.07 bits per heavy atom. The third kappa shape index (κ3) is 5.12. The zero-order chi connectivity index (χ0) is 21.6. The van der Waals surface area contributed by atoms with Crippen LogP contribution >= 0.6 is 0 Å². The first-order valence-electron chi connectivity index (χ1n) is 10.3. The molecule has 0 saturated heterocycles. The Bertz CT molecular complexity index is 874. The molecule has 0 heterocycles. The van der Waals surface area contributed by atoms with Gasteiger partial charge < -0.3 is 19.5 Å². The Kier molecular flexibility index (Phi) is 6.98. The molecule has 2 aromatic rings. The Morgan fingerprint density at radius 2 is 1.80 bits per heavy atom. The number of carbonyl (C=O) groups excluding carboxylic acids is 2. The van der Waals surface area contributed by atoms with E-state index in [4.69, 9.17) is 14.2 Å². The molecule has 6 nitrogen and oxygen atoms in total. The first kappa shape index (κ1) is 21.7. The summed E-state index contributed by atoms with van der Waals surface area (Å²) in [5.41, 5.74) is 1.53. The van der Waals surface area contributed by atoms with Crippen molar-refractivity contribution in [1.29, 1.82) is 0 Å². The lowest BCUT2D eigenvalue weighted by Gasteiger charge is -2.42. The summed E-state index contributed by atoms with van der Waals surface area (Å²) >= 11 is 0. The van der Waals surface area contributed by atoms with Crippen molar-refractivity contribution >= 4 is 11.9 Å². The zero-order valence-electron chi connectivity index (χ0n) is 17.8. The van der Waals surface area contributed by atoms with Gasteiger partial charge in [-0.25, -0.2) is 4.79 Å². The van der Waals surface area contributed by atoms with Crippen molar-refractivity contribution in [1.82, 2.24) is 5.32 Å². The van der Waals surface area contributed by atoms with E-state index in [0.717, 1.165) is 19.3 Å². The zero-order valence-corrected chi connectivity index (χ0v) is 17.8. The fourth-order valence-electron chi connectivity index (χ4n) is 3.64. The molecule has 0 atom stereocenters. The summed E-state index contributed by atoms with van der Waals surface area (Å²) in [6, 6.07) is 15.0. The van der Waals surface area contributed by atoms with E-state index >= 15 is 0 Å². The molecule has 1 amide bonds. The maximum Gasteiger partial charge on any atom is 0.338 e. The first-order valence-corrected chi connectivity index (χ1v) is 10.3. The number of ether oxygens (including phenoxy) is 3. The SMILES string of the molecule is COc1cc(C(=O)OCC(=O)NCC2(c3ccccc3)CCC2)ccc1OC(C)C. The van der Waals surface area contributed by atoms with Crippen LogP contribution in [0.2, 0.25) is 0 Å². The molecule has 0 aromatic heterocycles. The van der Waals surface area contributed by atoms with E-state index in [2.05, 4.69) is 17.4 Å². The second-order valence-corrected chi connectivity index (χ2v) is 7.89. The Labute approximate surface area is 177 Å². The van der Waals surface area contributed by atoms with Gasteiger partial charge in [-0.1, -0.05) is 36.8 Å². The molecule has 30 heavy (non-hydrogen) atoms. The molecule has 0 unspecified atom stereocenters. The van der Waals surface area contributed by atoms with E-state index in [9.17, 15) is 9.59 Å². The van der Waals surface area contributed by atoms with Gasteiger partial charge in [0.15, 0.2) is 18.1 Å². The molecule has 1 fully saturated rings. The minimum absolute atomic E-state index is 0.0134. The molecule has 1 saturated carbocycles. The van der Waals surface area contributed by atoms with Crippen LogP contribution in [0.25, 0.3) is 0 Å². The number of hydrogen-bond acceptors (Lipinski definition) is 5. The van der Waals surface area contributed by atoms with Crippen molar-refractivity contribution in [2.24, 2.45) is 0 Å². The minimum atomic E-state index is -0.582. The molecule has 1 N–H and O–H groups in total. The van der Waals surface area contributed by atoms with E-state index in [-0.39, 0.29) is 24.0 Å². The number of carbonyl (C=O) groups is 2. The van der Waals surface area contributed by atoms with Crippen LogP contribution in [-0.2, 0) is 14.9 Å². The van der Waals surface area contributed by atoms with Gasteiger partial charge in [0, 0.05) is 12.0 Å². The quantitative estimate of drug-likeness (QED) is 0.634.